The fourth-order valence-electron chi connectivity index (χ4n) is 2.29. The minimum Gasteiger partial charge on any atom is -0.369 e. The molecule has 19 heavy (non-hydrogen) atoms. The maximum absolute atomic E-state index is 11.3. The zero-order valence-corrected chi connectivity index (χ0v) is 12.8. The van der Waals surface area contributed by atoms with Crippen molar-refractivity contribution in [2.45, 2.75) is 39.3 Å². The molecule has 0 aliphatic heterocycles. The van der Waals surface area contributed by atoms with Crippen molar-refractivity contribution in [2.24, 2.45) is 17.4 Å². The van der Waals surface area contributed by atoms with Gasteiger partial charge in [0.25, 0.3) is 0 Å². The van der Waals surface area contributed by atoms with E-state index in [4.69, 9.17) is 11.5 Å². The van der Waals surface area contributed by atoms with Crippen LogP contribution < -0.4 is 11.5 Å². The quantitative estimate of drug-likeness (QED) is 0.766. The summed E-state index contributed by atoms with van der Waals surface area (Å²) >= 11 is 1.68. The second-order valence-electron chi connectivity index (χ2n) is 5.32. The van der Waals surface area contributed by atoms with Gasteiger partial charge in [-0.15, -0.1) is 11.3 Å². The summed E-state index contributed by atoms with van der Waals surface area (Å²) in [7, 11) is 0. The molecule has 5 heteroatoms. The molecule has 0 aromatic carbocycles. The molecule has 2 unspecified atom stereocenters. The maximum Gasteiger partial charge on any atom is 0.231 e. The lowest BCUT2D eigenvalue weighted by atomic mass is 10.0. The van der Waals surface area contributed by atoms with Gasteiger partial charge in [-0.3, -0.25) is 9.69 Å². The summed E-state index contributed by atoms with van der Waals surface area (Å²) in [6, 6.07) is 4.18. The standard InChI is InChI=1S/C14H25N3OS/c1-4-11(15)14(12-6-5-7-19-12)17(8-10(2)3)9-13(16)18/h5-7,10-11,14H,4,8-9,15H2,1-3H3,(H2,16,18). The van der Waals surface area contributed by atoms with Gasteiger partial charge in [0.2, 0.25) is 5.91 Å². The molecule has 2 atom stereocenters. The molecule has 1 heterocycles. The summed E-state index contributed by atoms with van der Waals surface area (Å²) in [5, 5.41) is 2.04. The molecular formula is C14H25N3OS. The van der Waals surface area contributed by atoms with Crippen molar-refractivity contribution in [1.82, 2.24) is 4.90 Å². The molecule has 1 aromatic heterocycles. The Kier molecular flexibility index (Phi) is 6.48. The van der Waals surface area contributed by atoms with Crippen LogP contribution in [0, 0.1) is 5.92 Å². The van der Waals surface area contributed by atoms with E-state index in [-0.39, 0.29) is 24.5 Å². The minimum absolute atomic E-state index is 0.0109. The molecule has 0 radical (unpaired) electrons. The number of rotatable bonds is 8. The van der Waals surface area contributed by atoms with E-state index in [1.807, 2.05) is 11.4 Å². The summed E-state index contributed by atoms with van der Waals surface area (Å²) in [5.74, 6) is 0.163. The molecule has 4 nitrogen and oxygen atoms in total. The van der Waals surface area contributed by atoms with E-state index in [1.54, 1.807) is 11.3 Å². The zero-order chi connectivity index (χ0) is 14.4. The van der Waals surface area contributed by atoms with Gasteiger partial charge in [0.05, 0.1) is 12.6 Å². The second kappa shape index (κ2) is 7.62. The first kappa shape index (κ1) is 16.1. The molecule has 0 aliphatic rings. The lowest BCUT2D eigenvalue weighted by molar-refractivity contribution is -0.120. The Morgan fingerprint density at radius 2 is 2.16 bits per heavy atom. The largest absolute Gasteiger partial charge is 0.369 e. The number of amides is 1. The third kappa shape index (κ3) is 4.93. The molecule has 0 aliphatic carbocycles. The van der Waals surface area contributed by atoms with Crippen LogP contribution in [0.25, 0.3) is 0 Å². The van der Waals surface area contributed by atoms with Crippen LogP contribution in [0.4, 0.5) is 0 Å². The van der Waals surface area contributed by atoms with E-state index in [2.05, 4.69) is 31.7 Å². The van der Waals surface area contributed by atoms with Gasteiger partial charge in [0.1, 0.15) is 0 Å². The van der Waals surface area contributed by atoms with Crippen LogP contribution in [-0.4, -0.2) is 29.9 Å². The van der Waals surface area contributed by atoms with Gasteiger partial charge >= 0.3 is 0 Å². The summed E-state index contributed by atoms with van der Waals surface area (Å²) in [6.07, 6.45) is 0.871. The monoisotopic (exact) mass is 283 g/mol. The number of nitrogens with zero attached hydrogens (tertiary/aromatic N) is 1. The van der Waals surface area contributed by atoms with Crippen molar-refractivity contribution < 1.29 is 4.79 Å². The van der Waals surface area contributed by atoms with Crippen molar-refractivity contribution >= 4 is 17.2 Å². The van der Waals surface area contributed by atoms with Crippen molar-refractivity contribution in [2.75, 3.05) is 13.1 Å². The number of nitrogens with two attached hydrogens (primary N) is 2. The average molecular weight is 283 g/mol. The van der Waals surface area contributed by atoms with Gasteiger partial charge in [-0.25, -0.2) is 0 Å². The number of carbonyl (C=O) groups is 1. The first-order valence-corrected chi connectivity index (χ1v) is 7.65. The molecule has 0 fully saturated rings. The van der Waals surface area contributed by atoms with Gasteiger partial charge < -0.3 is 11.5 Å². The molecule has 108 valence electrons. The third-order valence-electron chi connectivity index (χ3n) is 3.06. The topological polar surface area (TPSA) is 72.3 Å². The summed E-state index contributed by atoms with van der Waals surface area (Å²) in [5.41, 5.74) is 11.7. The highest BCUT2D eigenvalue weighted by atomic mass is 32.1. The SMILES string of the molecule is CCC(N)C(c1cccs1)N(CC(N)=O)CC(C)C. The van der Waals surface area contributed by atoms with Gasteiger partial charge in [-0.2, -0.15) is 0 Å². The molecular weight excluding hydrogens is 258 g/mol. The summed E-state index contributed by atoms with van der Waals surface area (Å²) in [6.45, 7) is 7.42. The van der Waals surface area contributed by atoms with Crippen molar-refractivity contribution in [3.8, 4) is 0 Å². The van der Waals surface area contributed by atoms with E-state index in [0.29, 0.717) is 5.92 Å². The number of thiophene rings is 1. The minimum atomic E-state index is -0.300. The summed E-state index contributed by atoms with van der Waals surface area (Å²) in [4.78, 5) is 14.6. The molecule has 1 amide bonds. The first-order chi connectivity index (χ1) is 8.95. The Morgan fingerprint density at radius 1 is 1.47 bits per heavy atom. The Labute approximate surface area is 119 Å². The van der Waals surface area contributed by atoms with Crippen molar-refractivity contribution in [3.05, 3.63) is 22.4 Å². The second-order valence-corrected chi connectivity index (χ2v) is 6.30. The highest BCUT2D eigenvalue weighted by Gasteiger charge is 2.28. The predicted octanol–water partition coefficient (Wildman–Crippen LogP) is 1.97. The Hall–Kier alpha value is -0.910. The van der Waals surface area contributed by atoms with Crippen LogP contribution in [0.5, 0.6) is 0 Å². The van der Waals surface area contributed by atoms with Crippen LogP contribution in [-0.2, 0) is 4.79 Å². The van der Waals surface area contributed by atoms with Gasteiger partial charge in [0, 0.05) is 17.5 Å². The van der Waals surface area contributed by atoms with Gasteiger partial charge in [-0.1, -0.05) is 26.8 Å². The van der Waals surface area contributed by atoms with E-state index in [1.165, 1.54) is 4.88 Å². The normalized spacial score (nSPS) is 14.8. The highest BCUT2D eigenvalue weighted by Crippen LogP contribution is 2.29. The Morgan fingerprint density at radius 3 is 2.58 bits per heavy atom. The average Bonchev–Trinajstić information content (AvgIpc) is 2.80. The Bertz CT molecular complexity index is 378. The molecule has 0 bridgehead atoms. The first-order valence-electron chi connectivity index (χ1n) is 6.77. The Balaban J connectivity index is 2.99. The molecule has 1 rings (SSSR count). The highest BCUT2D eigenvalue weighted by molar-refractivity contribution is 7.10. The number of hydrogen-bond donors (Lipinski definition) is 2. The molecule has 0 spiro atoms. The van der Waals surface area contributed by atoms with Crippen molar-refractivity contribution in [1.29, 1.82) is 0 Å². The van der Waals surface area contributed by atoms with Crippen molar-refractivity contribution in [3.63, 3.8) is 0 Å². The third-order valence-corrected chi connectivity index (χ3v) is 4.01. The van der Waals surface area contributed by atoms with E-state index >= 15 is 0 Å². The smallest absolute Gasteiger partial charge is 0.231 e. The number of hydrogen-bond acceptors (Lipinski definition) is 4. The fourth-order valence-corrected chi connectivity index (χ4v) is 3.22. The van der Waals surface area contributed by atoms with Gasteiger partial charge in [-0.05, 0) is 23.8 Å². The van der Waals surface area contributed by atoms with E-state index in [9.17, 15) is 4.79 Å². The maximum atomic E-state index is 11.3. The van der Waals surface area contributed by atoms with Gasteiger partial charge in [0.15, 0.2) is 0 Å². The summed E-state index contributed by atoms with van der Waals surface area (Å²) < 4.78 is 0. The fraction of sp³-hybridized carbons (Fsp3) is 0.643. The number of carbonyl (C=O) groups excluding carboxylic acids is 1. The molecule has 4 N–H and O–H groups in total. The lowest BCUT2D eigenvalue weighted by Crippen LogP contribution is -2.45. The van der Waals surface area contributed by atoms with Crippen LogP contribution >= 0.6 is 11.3 Å². The lowest BCUT2D eigenvalue weighted by Gasteiger charge is -2.35. The molecule has 0 saturated heterocycles. The van der Waals surface area contributed by atoms with Crippen LogP contribution in [0.1, 0.15) is 38.1 Å². The number of primary amides is 1. The van der Waals surface area contributed by atoms with Crippen LogP contribution in [0.3, 0.4) is 0 Å². The van der Waals surface area contributed by atoms with E-state index < -0.39 is 0 Å². The van der Waals surface area contributed by atoms with Crippen LogP contribution in [0.2, 0.25) is 0 Å². The van der Waals surface area contributed by atoms with E-state index in [0.717, 1.165) is 13.0 Å². The zero-order valence-electron chi connectivity index (χ0n) is 12.0. The predicted molar refractivity (Wildman–Crippen MR) is 80.9 cm³/mol. The molecule has 0 saturated carbocycles. The molecule has 1 aromatic rings. The van der Waals surface area contributed by atoms with Crippen LogP contribution in [0.15, 0.2) is 17.5 Å².